The van der Waals surface area contributed by atoms with Gasteiger partial charge in [0.05, 0.1) is 17.8 Å². The van der Waals surface area contributed by atoms with Crippen molar-refractivity contribution in [3.05, 3.63) is 40.4 Å². The third kappa shape index (κ3) is 2.45. The maximum absolute atomic E-state index is 9.06. The summed E-state index contributed by atoms with van der Waals surface area (Å²) in [7, 11) is 1.88. The summed E-state index contributed by atoms with van der Waals surface area (Å²) in [5.74, 6) is 0.814. The molecule has 2 aromatic rings. The fraction of sp³-hybridized carbons (Fsp3) is 0.182. The van der Waals surface area contributed by atoms with Gasteiger partial charge < -0.3 is 9.88 Å². The predicted molar refractivity (Wildman–Crippen MR) is 67.2 cm³/mol. The van der Waals surface area contributed by atoms with E-state index in [4.69, 9.17) is 5.26 Å². The van der Waals surface area contributed by atoms with Gasteiger partial charge in [-0.15, -0.1) is 10.2 Å². The van der Waals surface area contributed by atoms with Crippen LogP contribution in [0.15, 0.2) is 29.0 Å². The molecule has 1 heterocycles. The first-order valence-electron chi connectivity index (χ1n) is 4.97. The molecule has 0 amide bonds. The van der Waals surface area contributed by atoms with Crippen molar-refractivity contribution in [2.45, 2.75) is 6.54 Å². The number of nitriles is 1. The summed E-state index contributed by atoms with van der Waals surface area (Å²) in [4.78, 5) is 0. The summed E-state index contributed by atoms with van der Waals surface area (Å²) in [5.41, 5.74) is 1.37. The van der Waals surface area contributed by atoms with Gasteiger partial charge >= 0.3 is 0 Å². The lowest BCUT2D eigenvalue weighted by molar-refractivity contribution is 0.812. The van der Waals surface area contributed by atoms with Gasteiger partial charge in [-0.1, -0.05) is 6.07 Å². The fourth-order valence-corrected chi connectivity index (χ4v) is 1.88. The third-order valence-corrected chi connectivity index (χ3v) is 3.03. The standard InChI is InChI=1S/C11H10BrN5/c1-17-7-15-16-11(17)6-14-10-4-2-3-9(12)8(10)5-13/h2-4,7,14H,6H2,1H3. The van der Waals surface area contributed by atoms with Crippen molar-refractivity contribution >= 4 is 21.6 Å². The Morgan fingerprint density at radius 2 is 2.35 bits per heavy atom. The molecule has 0 radical (unpaired) electrons. The zero-order chi connectivity index (χ0) is 12.3. The Hall–Kier alpha value is -1.87. The monoisotopic (exact) mass is 291 g/mol. The van der Waals surface area contributed by atoms with Crippen LogP contribution in [0.25, 0.3) is 0 Å². The van der Waals surface area contributed by atoms with E-state index in [0.717, 1.165) is 16.0 Å². The zero-order valence-corrected chi connectivity index (χ0v) is 10.8. The van der Waals surface area contributed by atoms with Gasteiger partial charge in [0.2, 0.25) is 0 Å². The smallest absolute Gasteiger partial charge is 0.151 e. The van der Waals surface area contributed by atoms with E-state index in [9.17, 15) is 0 Å². The lowest BCUT2D eigenvalue weighted by Gasteiger charge is -2.08. The van der Waals surface area contributed by atoms with Crippen LogP contribution >= 0.6 is 15.9 Å². The molecule has 0 saturated heterocycles. The summed E-state index contributed by atoms with van der Waals surface area (Å²) in [5, 5.41) is 20.0. The Kier molecular flexibility index (Phi) is 3.40. The molecule has 86 valence electrons. The van der Waals surface area contributed by atoms with Crippen LogP contribution < -0.4 is 5.32 Å². The molecule has 1 aromatic carbocycles. The van der Waals surface area contributed by atoms with E-state index in [0.29, 0.717) is 12.1 Å². The van der Waals surface area contributed by atoms with Crippen LogP contribution in [0.3, 0.4) is 0 Å². The van der Waals surface area contributed by atoms with Crippen LogP contribution in [0.1, 0.15) is 11.4 Å². The van der Waals surface area contributed by atoms with Crippen LogP contribution in [-0.2, 0) is 13.6 Å². The fourth-order valence-electron chi connectivity index (χ4n) is 1.43. The molecule has 1 aromatic heterocycles. The molecule has 0 aliphatic carbocycles. The normalized spacial score (nSPS) is 9.94. The van der Waals surface area contributed by atoms with Crippen molar-refractivity contribution < 1.29 is 0 Å². The van der Waals surface area contributed by atoms with E-state index in [1.807, 2.05) is 29.8 Å². The molecule has 0 spiro atoms. The van der Waals surface area contributed by atoms with E-state index < -0.39 is 0 Å². The average molecular weight is 292 g/mol. The third-order valence-electron chi connectivity index (χ3n) is 2.37. The van der Waals surface area contributed by atoms with E-state index in [1.54, 1.807) is 6.33 Å². The van der Waals surface area contributed by atoms with Crippen molar-refractivity contribution in [2.75, 3.05) is 5.32 Å². The minimum Gasteiger partial charge on any atom is -0.377 e. The molecule has 0 unspecified atom stereocenters. The largest absolute Gasteiger partial charge is 0.377 e. The number of hydrogen-bond donors (Lipinski definition) is 1. The van der Waals surface area contributed by atoms with Crippen molar-refractivity contribution in [3.63, 3.8) is 0 Å². The van der Waals surface area contributed by atoms with E-state index >= 15 is 0 Å². The maximum atomic E-state index is 9.06. The Bertz CT molecular complexity index is 569. The van der Waals surface area contributed by atoms with Crippen LogP contribution in [-0.4, -0.2) is 14.8 Å². The topological polar surface area (TPSA) is 66.5 Å². The van der Waals surface area contributed by atoms with E-state index in [2.05, 4.69) is 37.5 Å². The van der Waals surface area contributed by atoms with E-state index in [-0.39, 0.29) is 0 Å². The molecule has 0 aliphatic heterocycles. The minimum absolute atomic E-state index is 0.529. The summed E-state index contributed by atoms with van der Waals surface area (Å²) in [6.07, 6.45) is 1.64. The highest BCUT2D eigenvalue weighted by Gasteiger charge is 2.06. The molecular formula is C11H10BrN5. The quantitative estimate of drug-likeness (QED) is 0.940. The Morgan fingerprint density at radius 1 is 1.53 bits per heavy atom. The Morgan fingerprint density at radius 3 is 3.00 bits per heavy atom. The number of halogens is 1. The number of nitrogens with zero attached hydrogens (tertiary/aromatic N) is 4. The molecule has 0 saturated carbocycles. The molecule has 0 fully saturated rings. The number of anilines is 1. The van der Waals surface area contributed by atoms with Gasteiger partial charge in [-0.2, -0.15) is 5.26 Å². The molecule has 6 heteroatoms. The van der Waals surface area contributed by atoms with Crippen LogP contribution in [0.2, 0.25) is 0 Å². The minimum atomic E-state index is 0.529. The molecule has 1 N–H and O–H groups in total. The van der Waals surface area contributed by atoms with Crippen LogP contribution in [0, 0.1) is 11.3 Å². The maximum Gasteiger partial charge on any atom is 0.151 e. The zero-order valence-electron chi connectivity index (χ0n) is 9.18. The first-order valence-corrected chi connectivity index (χ1v) is 5.77. The second-order valence-corrected chi connectivity index (χ2v) is 4.34. The Balaban J connectivity index is 2.18. The average Bonchev–Trinajstić information content (AvgIpc) is 2.72. The molecular weight excluding hydrogens is 282 g/mol. The highest BCUT2D eigenvalue weighted by atomic mass is 79.9. The second kappa shape index (κ2) is 4.97. The highest BCUT2D eigenvalue weighted by molar-refractivity contribution is 9.10. The summed E-state index contributed by atoms with van der Waals surface area (Å²) >= 11 is 3.34. The molecule has 2 rings (SSSR count). The van der Waals surface area contributed by atoms with Crippen molar-refractivity contribution in [2.24, 2.45) is 7.05 Å². The van der Waals surface area contributed by atoms with Gasteiger partial charge in [-0.3, -0.25) is 0 Å². The van der Waals surface area contributed by atoms with Gasteiger partial charge in [0.25, 0.3) is 0 Å². The number of aryl methyl sites for hydroxylation is 1. The molecule has 0 bridgehead atoms. The first-order chi connectivity index (χ1) is 8.22. The second-order valence-electron chi connectivity index (χ2n) is 3.49. The van der Waals surface area contributed by atoms with Gasteiger partial charge in [0.15, 0.2) is 5.82 Å². The molecule has 0 aliphatic rings. The van der Waals surface area contributed by atoms with Crippen molar-refractivity contribution in [1.82, 2.24) is 14.8 Å². The molecule has 0 atom stereocenters. The van der Waals surface area contributed by atoms with Gasteiger partial charge in [0.1, 0.15) is 12.4 Å². The number of rotatable bonds is 3. The number of benzene rings is 1. The Labute approximate surface area is 107 Å². The lowest BCUT2D eigenvalue weighted by atomic mass is 10.2. The number of nitrogens with one attached hydrogen (secondary N) is 1. The predicted octanol–water partition coefficient (Wildman–Crippen LogP) is 2.06. The van der Waals surface area contributed by atoms with Crippen LogP contribution in [0.4, 0.5) is 5.69 Å². The SMILES string of the molecule is Cn1cnnc1CNc1cccc(Br)c1C#N. The van der Waals surface area contributed by atoms with Crippen molar-refractivity contribution in [3.8, 4) is 6.07 Å². The number of hydrogen-bond acceptors (Lipinski definition) is 4. The summed E-state index contributed by atoms with van der Waals surface area (Å²) in [6.45, 7) is 0.529. The molecule has 5 nitrogen and oxygen atoms in total. The highest BCUT2D eigenvalue weighted by Crippen LogP contribution is 2.23. The van der Waals surface area contributed by atoms with Gasteiger partial charge in [0, 0.05) is 11.5 Å². The number of aromatic nitrogens is 3. The lowest BCUT2D eigenvalue weighted by Crippen LogP contribution is -2.06. The van der Waals surface area contributed by atoms with Crippen LogP contribution in [0.5, 0.6) is 0 Å². The van der Waals surface area contributed by atoms with Gasteiger partial charge in [-0.25, -0.2) is 0 Å². The summed E-state index contributed by atoms with van der Waals surface area (Å²) in [6, 6.07) is 7.74. The van der Waals surface area contributed by atoms with E-state index in [1.165, 1.54) is 0 Å². The molecule has 17 heavy (non-hydrogen) atoms. The van der Waals surface area contributed by atoms with Gasteiger partial charge in [-0.05, 0) is 28.1 Å². The van der Waals surface area contributed by atoms with Crippen molar-refractivity contribution in [1.29, 1.82) is 5.26 Å². The first kappa shape index (κ1) is 11.6. The summed E-state index contributed by atoms with van der Waals surface area (Å²) < 4.78 is 2.61.